The van der Waals surface area contributed by atoms with E-state index in [-0.39, 0.29) is 6.42 Å². The van der Waals surface area contributed by atoms with Gasteiger partial charge in [0.2, 0.25) is 0 Å². The molecule has 7 heteroatoms. The summed E-state index contributed by atoms with van der Waals surface area (Å²) in [5.41, 5.74) is 0. The van der Waals surface area contributed by atoms with Gasteiger partial charge in [-0.25, -0.2) is 4.79 Å². The molecule has 0 atom stereocenters. The van der Waals surface area contributed by atoms with E-state index < -0.39 is 23.8 Å². The first-order valence-corrected chi connectivity index (χ1v) is 12.5. The molecule has 0 spiro atoms. The van der Waals surface area contributed by atoms with Crippen LogP contribution in [-0.4, -0.2) is 33.9 Å². The third-order valence-electron chi connectivity index (χ3n) is 5.73. The minimum atomic E-state index is -0.684. The van der Waals surface area contributed by atoms with Crippen LogP contribution in [0.15, 0.2) is 12.2 Å². The molecule has 0 unspecified atom stereocenters. The van der Waals surface area contributed by atoms with E-state index in [0.717, 1.165) is 44.3 Å². The quantitative estimate of drug-likeness (QED) is 0.173. The van der Waals surface area contributed by atoms with E-state index in [9.17, 15) is 19.2 Å². The second-order valence-corrected chi connectivity index (χ2v) is 8.67. The summed E-state index contributed by atoms with van der Waals surface area (Å²) < 4.78 is 0. The first-order valence-electron chi connectivity index (χ1n) is 12.5. The van der Waals surface area contributed by atoms with E-state index in [1.165, 1.54) is 70.6 Å². The van der Waals surface area contributed by atoms with Crippen LogP contribution in [0.2, 0.25) is 0 Å². The van der Waals surface area contributed by atoms with Crippen molar-refractivity contribution in [3.63, 3.8) is 0 Å². The number of imide groups is 1. The van der Waals surface area contributed by atoms with Gasteiger partial charge < -0.3 is 9.94 Å². The number of amides is 2. The maximum Gasteiger partial charge on any atom is 0.333 e. The Morgan fingerprint density at radius 1 is 0.594 bits per heavy atom. The van der Waals surface area contributed by atoms with Crippen LogP contribution in [0.4, 0.5) is 0 Å². The van der Waals surface area contributed by atoms with Crippen molar-refractivity contribution in [2.75, 3.05) is 0 Å². The average molecular weight is 452 g/mol. The van der Waals surface area contributed by atoms with Gasteiger partial charge in [-0.05, 0) is 12.8 Å². The van der Waals surface area contributed by atoms with Crippen molar-refractivity contribution >= 4 is 23.8 Å². The van der Waals surface area contributed by atoms with Crippen molar-refractivity contribution in [2.45, 2.75) is 122 Å². The van der Waals surface area contributed by atoms with Gasteiger partial charge in [0.25, 0.3) is 11.8 Å². The van der Waals surface area contributed by atoms with Gasteiger partial charge in [-0.2, -0.15) is 0 Å². The van der Waals surface area contributed by atoms with Gasteiger partial charge in [-0.3, -0.25) is 14.4 Å². The first-order chi connectivity index (χ1) is 15.5. The van der Waals surface area contributed by atoms with Crippen molar-refractivity contribution in [1.29, 1.82) is 0 Å². The lowest BCUT2D eigenvalue weighted by molar-refractivity contribution is -0.196. The van der Waals surface area contributed by atoms with Crippen molar-refractivity contribution in [1.82, 2.24) is 5.06 Å². The Hall–Kier alpha value is -2.18. The minimum absolute atomic E-state index is 0.224. The fourth-order valence-corrected chi connectivity index (χ4v) is 3.82. The van der Waals surface area contributed by atoms with Crippen LogP contribution >= 0.6 is 0 Å². The van der Waals surface area contributed by atoms with Crippen molar-refractivity contribution in [3.8, 4) is 0 Å². The van der Waals surface area contributed by atoms with Crippen LogP contribution in [0.25, 0.3) is 0 Å². The van der Waals surface area contributed by atoms with Gasteiger partial charge in [0.15, 0.2) is 0 Å². The van der Waals surface area contributed by atoms with Gasteiger partial charge in [-0.15, -0.1) is 0 Å². The molecule has 1 aliphatic rings. The average Bonchev–Trinajstić information content (AvgIpc) is 3.07. The van der Waals surface area contributed by atoms with Gasteiger partial charge >= 0.3 is 11.9 Å². The molecule has 0 bridgehead atoms. The molecule has 182 valence electrons. The largest absolute Gasteiger partial charge is 0.481 e. The molecule has 0 saturated carbocycles. The zero-order valence-corrected chi connectivity index (χ0v) is 19.5. The summed E-state index contributed by atoms with van der Waals surface area (Å²) in [5.74, 6) is -2.43. The zero-order valence-electron chi connectivity index (χ0n) is 19.5. The highest BCUT2D eigenvalue weighted by Crippen LogP contribution is 2.15. The Kier molecular flexibility index (Phi) is 16.0. The van der Waals surface area contributed by atoms with Gasteiger partial charge in [0, 0.05) is 25.0 Å². The number of carboxylic acids is 1. The molecule has 1 rings (SSSR count). The Morgan fingerprint density at radius 2 is 0.906 bits per heavy atom. The third-order valence-corrected chi connectivity index (χ3v) is 5.73. The van der Waals surface area contributed by atoms with Gasteiger partial charge in [0.05, 0.1) is 0 Å². The molecule has 0 aromatic heterocycles. The molecule has 0 aromatic carbocycles. The molecule has 32 heavy (non-hydrogen) atoms. The molecule has 0 radical (unpaired) electrons. The monoisotopic (exact) mass is 451 g/mol. The number of aliphatic carboxylic acids is 1. The highest BCUT2D eigenvalue weighted by atomic mass is 16.7. The summed E-state index contributed by atoms with van der Waals surface area (Å²) in [6, 6.07) is 0. The number of rotatable bonds is 21. The first kappa shape index (κ1) is 27.9. The molecular weight excluding hydrogens is 410 g/mol. The van der Waals surface area contributed by atoms with Crippen LogP contribution in [0, 0.1) is 0 Å². The Morgan fingerprint density at radius 3 is 1.25 bits per heavy atom. The predicted molar refractivity (Wildman–Crippen MR) is 122 cm³/mol. The second-order valence-electron chi connectivity index (χ2n) is 8.67. The summed E-state index contributed by atoms with van der Waals surface area (Å²) in [4.78, 5) is 49.5. The fraction of sp³-hybridized carbons (Fsp3) is 0.760. The number of carbonyl (C=O) groups excluding carboxylic acids is 3. The summed E-state index contributed by atoms with van der Waals surface area (Å²) in [6.07, 6.45) is 22.5. The van der Waals surface area contributed by atoms with Crippen LogP contribution in [0.5, 0.6) is 0 Å². The number of hydrogen-bond donors (Lipinski definition) is 1. The fourth-order valence-electron chi connectivity index (χ4n) is 3.82. The van der Waals surface area contributed by atoms with E-state index >= 15 is 0 Å². The summed E-state index contributed by atoms with van der Waals surface area (Å²) in [6.45, 7) is 0. The predicted octanol–water partition coefficient (Wildman–Crippen LogP) is 5.87. The lowest BCUT2D eigenvalue weighted by Gasteiger charge is -2.12. The molecule has 0 aromatic rings. The molecule has 1 aliphatic heterocycles. The second kappa shape index (κ2) is 18.4. The van der Waals surface area contributed by atoms with Crippen molar-refractivity contribution in [2.24, 2.45) is 0 Å². The Bertz CT molecular complexity index is 583. The normalized spacial score (nSPS) is 13.2. The smallest absolute Gasteiger partial charge is 0.333 e. The number of hydrogen-bond acceptors (Lipinski definition) is 5. The highest BCUT2D eigenvalue weighted by molar-refractivity contribution is 6.12. The maximum absolute atomic E-state index is 11.7. The number of unbranched alkanes of at least 4 members (excludes halogenated alkanes) is 16. The Labute approximate surface area is 192 Å². The van der Waals surface area contributed by atoms with Gasteiger partial charge in [0.1, 0.15) is 0 Å². The van der Waals surface area contributed by atoms with Crippen LogP contribution in [-0.2, 0) is 24.0 Å². The lowest BCUT2D eigenvalue weighted by Crippen LogP contribution is -2.32. The van der Waals surface area contributed by atoms with Crippen LogP contribution in [0.1, 0.15) is 122 Å². The summed E-state index contributed by atoms with van der Waals surface area (Å²) in [7, 11) is 0. The minimum Gasteiger partial charge on any atom is -0.481 e. The van der Waals surface area contributed by atoms with Gasteiger partial charge in [-0.1, -0.05) is 101 Å². The number of hydroxylamine groups is 2. The molecular formula is C25H41NO6. The van der Waals surface area contributed by atoms with E-state index in [1.54, 1.807) is 0 Å². The number of carboxylic acid groups (broad SMARTS) is 1. The zero-order chi connectivity index (χ0) is 23.4. The molecule has 1 heterocycles. The van der Waals surface area contributed by atoms with Crippen molar-refractivity contribution < 1.29 is 29.1 Å². The summed E-state index contributed by atoms with van der Waals surface area (Å²) >= 11 is 0. The highest BCUT2D eigenvalue weighted by Gasteiger charge is 2.27. The molecule has 0 saturated heterocycles. The maximum atomic E-state index is 11.7. The van der Waals surface area contributed by atoms with E-state index in [0.29, 0.717) is 17.9 Å². The van der Waals surface area contributed by atoms with Crippen molar-refractivity contribution in [3.05, 3.63) is 12.2 Å². The van der Waals surface area contributed by atoms with Crippen LogP contribution < -0.4 is 0 Å². The third kappa shape index (κ3) is 14.8. The molecule has 2 amide bonds. The number of carbonyl (C=O) groups is 4. The van der Waals surface area contributed by atoms with E-state index in [1.807, 2.05) is 0 Å². The van der Waals surface area contributed by atoms with E-state index in [2.05, 4.69) is 0 Å². The molecule has 7 nitrogen and oxygen atoms in total. The number of nitrogens with zero attached hydrogens (tertiary/aromatic N) is 1. The molecule has 0 fully saturated rings. The molecule has 1 N–H and O–H groups in total. The van der Waals surface area contributed by atoms with E-state index in [4.69, 9.17) is 9.94 Å². The summed E-state index contributed by atoms with van der Waals surface area (Å²) in [5, 5.41) is 9.09. The SMILES string of the molecule is O=C(O)CCCCCCCCCCCCCCCCCCCC(=O)ON1C(=O)C=CC1=O. The molecule has 0 aliphatic carbocycles. The van der Waals surface area contributed by atoms with Crippen LogP contribution in [0.3, 0.4) is 0 Å². The topological polar surface area (TPSA) is 101 Å². The Balaban J connectivity index is 1.75. The lowest BCUT2D eigenvalue weighted by atomic mass is 10.0. The standard InChI is InChI=1S/C25H41NO6/c27-22-20-21-23(28)26(22)32-25(31)19-17-15-13-11-9-7-5-3-1-2-4-6-8-10-12-14-16-18-24(29)30/h20-21H,1-19H2,(H,29,30).